The number of Topliss-reactive ketones (excluding diaryl/α,β-unsaturated/α-hetero) is 1. The quantitative estimate of drug-likeness (QED) is 0.685. The van der Waals surface area contributed by atoms with Crippen LogP contribution < -0.4 is 5.32 Å². The molecule has 1 aliphatic carbocycles. The average molecular weight is 219 g/mol. The van der Waals surface area contributed by atoms with Crippen LogP contribution >= 0.6 is 0 Å². The maximum atomic E-state index is 11.9. The molecule has 0 bridgehead atoms. The molecule has 86 valence electrons. The zero-order valence-corrected chi connectivity index (χ0v) is 9.96. The molecule has 0 aromatic carbocycles. The molecule has 0 unspecified atom stereocenters. The van der Waals surface area contributed by atoms with Gasteiger partial charge in [-0.2, -0.15) is 0 Å². The fraction of sp³-hybridized carbons (Fsp3) is 0.538. The van der Waals surface area contributed by atoms with E-state index < -0.39 is 0 Å². The lowest BCUT2D eigenvalue weighted by molar-refractivity contribution is -0.128. The van der Waals surface area contributed by atoms with Gasteiger partial charge in [0.15, 0.2) is 5.78 Å². The Morgan fingerprint density at radius 2 is 1.94 bits per heavy atom. The van der Waals surface area contributed by atoms with Crippen LogP contribution in [0, 0.1) is 11.8 Å². The minimum absolute atomic E-state index is 0.00421. The highest BCUT2D eigenvalue weighted by atomic mass is 16.2. The van der Waals surface area contributed by atoms with Gasteiger partial charge in [0.1, 0.15) is 0 Å². The molecule has 1 aliphatic heterocycles. The molecule has 0 spiro atoms. The molecule has 0 saturated heterocycles. The van der Waals surface area contributed by atoms with Crippen LogP contribution in [0.15, 0.2) is 22.9 Å². The summed E-state index contributed by atoms with van der Waals surface area (Å²) < 4.78 is 0. The maximum Gasteiger partial charge on any atom is 0.228 e. The summed E-state index contributed by atoms with van der Waals surface area (Å²) >= 11 is 0. The average Bonchev–Trinajstić information content (AvgIpc) is 2.20. The fourth-order valence-corrected chi connectivity index (χ4v) is 2.47. The molecule has 16 heavy (non-hydrogen) atoms. The number of rotatable bonds is 1. The summed E-state index contributed by atoms with van der Waals surface area (Å²) in [4.78, 5) is 23.1. The van der Waals surface area contributed by atoms with Crippen molar-refractivity contribution in [2.45, 2.75) is 33.6 Å². The van der Waals surface area contributed by atoms with Crippen molar-refractivity contribution < 1.29 is 9.59 Å². The molecule has 0 aromatic rings. The number of hydrogen-bond donors (Lipinski definition) is 1. The van der Waals surface area contributed by atoms with E-state index in [1.807, 2.05) is 6.08 Å². The number of carbonyl (C=O) groups is 2. The number of carbonyl (C=O) groups excluding carboxylic acids is 2. The van der Waals surface area contributed by atoms with Gasteiger partial charge >= 0.3 is 0 Å². The van der Waals surface area contributed by atoms with Gasteiger partial charge in [0.25, 0.3) is 0 Å². The molecule has 1 heterocycles. The predicted octanol–water partition coefficient (Wildman–Crippen LogP) is 1.95. The van der Waals surface area contributed by atoms with Gasteiger partial charge in [-0.3, -0.25) is 9.59 Å². The van der Waals surface area contributed by atoms with Crippen LogP contribution in [0.2, 0.25) is 0 Å². The zero-order valence-electron chi connectivity index (χ0n) is 9.96. The first kappa shape index (κ1) is 11.1. The molecular formula is C13H17NO2. The standard InChI is InChI=1S/C13H17NO2/c1-7-4-10-6-12(9(3)15)14-13(16)11(10)5-8(7)2/h6,10-11H,4-5H2,1-3H3,(H,14,16)/t10-,11-/m0/s1. The normalized spacial score (nSPS) is 29.4. The van der Waals surface area contributed by atoms with Crippen LogP contribution in [-0.4, -0.2) is 11.7 Å². The van der Waals surface area contributed by atoms with Crippen molar-refractivity contribution in [1.29, 1.82) is 0 Å². The van der Waals surface area contributed by atoms with E-state index in [-0.39, 0.29) is 23.5 Å². The van der Waals surface area contributed by atoms with Crippen LogP contribution in [0.1, 0.15) is 33.6 Å². The molecule has 1 amide bonds. The molecule has 2 rings (SSSR count). The minimum Gasteiger partial charge on any atom is -0.323 e. The third-order valence-corrected chi connectivity index (χ3v) is 3.67. The molecule has 0 aromatic heterocycles. The summed E-state index contributed by atoms with van der Waals surface area (Å²) in [5.41, 5.74) is 3.14. The van der Waals surface area contributed by atoms with Crippen molar-refractivity contribution in [3.63, 3.8) is 0 Å². The first-order valence-electron chi connectivity index (χ1n) is 5.68. The smallest absolute Gasteiger partial charge is 0.228 e. The van der Waals surface area contributed by atoms with Crippen molar-refractivity contribution in [3.05, 3.63) is 22.9 Å². The van der Waals surface area contributed by atoms with Crippen LogP contribution in [-0.2, 0) is 9.59 Å². The zero-order chi connectivity index (χ0) is 11.9. The predicted molar refractivity (Wildman–Crippen MR) is 61.5 cm³/mol. The Morgan fingerprint density at radius 1 is 1.31 bits per heavy atom. The Hall–Kier alpha value is -1.38. The van der Waals surface area contributed by atoms with E-state index in [9.17, 15) is 9.59 Å². The van der Waals surface area contributed by atoms with Crippen molar-refractivity contribution in [2.75, 3.05) is 0 Å². The van der Waals surface area contributed by atoms with Gasteiger partial charge in [0.05, 0.1) is 5.70 Å². The van der Waals surface area contributed by atoms with E-state index in [0.29, 0.717) is 5.70 Å². The molecule has 3 heteroatoms. The van der Waals surface area contributed by atoms with Gasteiger partial charge in [-0.15, -0.1) is 0 Å². The van der Waals surface area contributed by atoms with E-state index in [0.717, 1.165) is 12.8 Å². The van der Waals surface area contributed by atoms with E-state index in [1.54, 1.807) is 0 Å². The number of fused-ring (bicyclic) bond motifs is 1. The van der Waals surface area contributed by atoms with Crippen molar-refractivity contribution in [2.24, 2.45) is 11.8 Å². The lowest BCUT2D eigenvalue weighted by Gasteiger charge is -2.34. The van der Waals surface area contributed by atoms with E-state index in [2.05, 4.69) is 19.2 Å². The van der Waals surface area contributed by atoms with Crippen molar-refractivity contribution >= 4 is 11.7 Å². The number of nitrogens with one attached hydrogen (secondary N) is 1. The highest BCUT2D eigenvalue weighted by molar-refractivity contribution is 5.99. The van der Waals surface area contributed by atoms with Crippen molar-refractivity contribution in [1.82, 2.24) is 5.32 Å². The highest BCUT2D eigenvalue weighted by Crippen LogP contribution is 2.37. The lowest BCUT2D eigenvalue weighted by Crippen LogP contribution is -2.42. The maximum absolute atomic E-state index is 11.9. The molecule has 0 saturated carbocycles. The minimum atomic E-state index is -0.0595. The fourth-order valence-electron chi connectivity index (χ4n) is 2.47. The highest BCUT2D eigenvalue weighted by Gasteiger charge is 2.35. The number of ketones is 1. The molecular weight excluding hydrogens is 202 g/mol. The number of amides is 1. The molecule has 0 fully saturated rings. The molecule has 3 nitrogen and oxygen atoms in total. The Bertz CT molecular complexity index is 418. The van der Waals surface area contributed by atoms with Gasteiger partial charge in [-0.25, -0.2) is 0 Å². The second-order valence-electron chi connectivity index (χ2n) is 4.87. The second kappa shape index (κ2) is 3.89. The summed E-state index contributed by atoms with van der Waals surface area (Å²) in [6.07, 6.45) is 3.66. The summed E-state index contributed by atoms with van der Waals surface area (Å²) in [7, 11) is 0. The van der Waals surface area contributed by atoms with Crippen LogP contribution in [0.5, 0.6) is 0 Å². The second-order valence-corrected chi connectivity index (χ2v) is 4.87. The first-order valence-corrected chi connectivity index (χ1v) is 5.68. The lowest BCUT2D eigenvalue weighted by atomic mass is 9.74. The SMILES string of the molecule is CC(=O)C1=C[C@@H]2CC(C)=C(C)C[C@@H]2C(=O)N1. The van der Waals surface area contributed by atoms with Gasteiger partial charge in [0, 0.05) is 12.8 Å². The summed E-state index contributed by atoms with van der Waals surface area (Å²) in [5.74, 6) is 0.170. The largest absolute Gasteiger partial charge is 0.323 e. The Balaban J connectivity index is 2.32. The third kappa shape index (κ3) is 1.82. The molecule has 2 aliphatic rings. The van der Waals surface area contributed by atoms with E-state index in [1.165, 1.54) is 18.1 Å². The summed E-state index contributed by atoms with van der Waals surface area (Å²) in [5, 5.41) is 2.70. The van der Waals surface area contributed by atoms with Gasteiger partial charge < -0.3 is 5.32 Å². The van der Waals surface area contributed by atoms with Crippen LogP contribution in [0.4, 0.5) is 0 Å². The number of hydrogen-bond acceptors (Lipinski definition) is 2. The van der Waals surface area contributed by atoms with Crippen molar-refractivity contribution in [3.8, 4) is 0 Å². The molecule has 2 atom stereocenters. The summed E-state index contributed by atoms with van der Waals surface area (Å²) in [6, 6.07) is 0. The third-order valence-electron chi connectivity index (χ3n) is 3.67. The summed E-state index contributed by atoms with van der Waals surface area (Å²) in [6.45, 7) is 5.69. The Kier molecular flexibility index (Phi) is 2.70. The Labute approximate surface area is 95.6 Å². The van der Waals surface area contributed by atoms with Crippen LogP contribution in [0.3, 0.4) is 0 Å². The molecule has 1 N–H and O–H groups in total. The monoisotopic (exact) mass is 219 g/mol. The Morgan fingerprint density at radius 3 is 2.56 bits per heavy atom. The van der Waals surface area contributed by atoms with Gasteiger partial charge in [-0.1, -0.05) is 17.2 Å². The van der Waals surface area contributed by atoms with Crippen LogP contribution in [0.25, 0.3) is 0 Å². The number of allylic oxidation sites excluding steroid dienone is 4. The topological polar surface area (TPSA) is 46.2 Å². The van der Waals surface area contributed by atoms with E-state index >= 15 is 0 Å². The van der Waals surface area contributed by atoms with Gasteiger partial charge in [-0.05, 0) is 32.6 Å². The first-order chi connectivity index (χ1) is 7.49. The van der Waals surface area contributed by atoms with Gasteiger partial charge in [0.2, 0.25) is 5.91 Å². The van der Waals surface area contributed by atoms with E-state index in [4.69, 9.17) is 0 Å². The molecule has 0 radical (unpaired) electrons.